The fourth-order valence-electron chi connectivity index (χ4n) is 3.41. The standard InChI is InChI=1S/C20H28N4O2S/c1-2-3-15-27(25,26)23-19-9-10-20(22-21-19)24-13-11-18(12-14-24)16-17-7-5-4-6-8-17/h4-10,18H,2-3,11-16H2,1H3,(H,21,23). The van der Waals surface area contributed by atoms with E-state index in [1.165, 1.54) is 5.56 Å². The molecular formula is C20H28N4O2S. The van der Waals surface area contributed by atoms with Crippen LogP contribution in [-0.4, -0.2) is 37.5 Å². The van der Waals surface area contributed by atoms with Gasteiger partial charge in [0.05, 0.1) is 5.75 Å². The van der Waals surface area contributed by atoms with E-state index >= 15 is 0 Å². The van der Waals surface area contributed by atoms with Gasteiger partial charge in [-0.3, -0.25) is 4.72 Å². The Kier molecular flexibility index (Phi) is 6.66. The number of hydrogen-bond acceptors (Lipinski definition) is 5. The van der Waals surface area contributed by atoms with Crippen LogP contribution >= 0.6 is 0 Å². The highest BCUT2D eigenvalue weighted by atomic mass is 32.2. The van der Waals surface area contributed by atoms with Gasteiger partial charge >= 0.3 is 0 Å². The topological polar surface area (TPSA) is 75.2 Å². The molecule has 0 saturated carbocycles. The van der Waals surface area contributed by atoms with E-state index in [-0.39, 0.29) is 11.6 Å². The van der Waals surface area contributed by atoms with Gasteiger partial charge in [0.2, 0.25) is 10.0 Å². The molecule has 0 unspecified atom stereocenters. The number of piperidine rings is 1. The zero-order chi connectivity index (χ0) is 19.1. The normalized spacial score (nSPS) is 15.7. The minimum Gasteiger partial charge on any atom is -0.355 e. The largest absolute Gasteiger partial charge is 0.355 e. The van der Waals surface area contributed by atoms with E-state index in [9.17, 15) is 8.42 Å². The molecule has 1 aromatic carbocycles. The summed E-state index contributed by atoms with van der Waals surface area (Å²) in [7, 11) is -3.34. The number of nitrogens with one attached hydrogen (secondary N) is 1. The quantitative estimate of drug-likeness (QED) is 0.749. The Morgan fingerprint density at radius 2 is 1.81 bits per heavy atom. The van der Waals surface area contributed by atoms with E-state index in [0.29, 0.717) is 12.3 Å². The zero-order valence-electron chi connectivity index (χ0n) is 15.8. The minimum atomic E-state index is -3.34. The Morgan fingerprint density at radius 3 is 2.44 bits per heavy atom. The van der Waals surface area contributed by atoms with Crippen LogP contribution in [0.25, 0.3) is 0 Å². The maximum absolute atomic E-state index is 11.9. The molecule has 0 bridgehead atoms. The second kappa shape index (κ2) is 9.17. The average Bonchev–Trinajstić information content (AvgIpc) is 2.68. The fraction of sp³-hybridized carbons (Fsp3) is 0.500. The molecule has 27 heavy (non-hydrogen) atoms. The van der Waals surface area contributed by atoms with Gasteiger partial charge in [0, 0.05) is 13.1 Å². The molecule has 3 rings (SSSR count). The first kappa shape index (κ1) is 19.6. The zero-order valence-corrected chi connectivity index (χ0v) is 16.7. The first-order valence-electron chi connectivity index (χ1n) is 9.69. The molecule has 7 heteroatoms. The summed E-state index contributed by atoms with van der Waals surface area (Å²) in [4.78, 5) is 2.23. The van der Waals surface area contributed by atoms with Gasteiger partial charge in [-0.15, -0.1) is 10.2 Å². The third-order valence-corrected chi connectivity index (χ3v) is 6.33. The number of aromatic nitrogens is 2. The summed E-state index contributed by atoms with van der Waals surface area (Å²) in [6.45, 7) is 3.87. The summed E-state index contributed by atoms with van der Waals surface area (Å²) in [5.74, 6) is 1.90. The third-order valence-electron chi connectivity index (χ3n) is 4.98. The first-order valence-corrected chi connectivity index (χ1v) is 11.3. The van der Waals surface area contributed by atoms with Crippen molar-refractivity contribution < 1.29 is 8.42 Å². The van der Waals surface area contributed by atoms with Crippen molar-refractivity contribution in [3.8, 4) is 0 Å². The molecule has 1 aliphatic heterocycles. The maximum Gasteiger partial charge on any atom is 0.233 e. The minimum absolute atomic E-state index is 0.113. The summed E-state index contributed by atoms with van der Waals surface area (Å²) in [5, 5.41) is 8.28. The SMILES string of the molecule is CCCCS(=O)(=O)Nc1ccc(N2CCC(Cc3ccccc3)CC2)nn1. The number of sulfonamides is 1. The van der Waals surface area contributed by atoms with E-state index in [1.807, 2.05) is 13.0 Å². The number of anilines is 2. The molecular weight excluding hydrogens is 360 g/mol. The Balaban J connectivity index is 1.51. The molecule has 2 aromatic rings. The smallest absolute Gasteiger partial charge is 0.233 e. The van der Waals surface area contributed by atoms with E-state index in [1.54, 1.807) is 6.07 Å². The van der Waals surface area contributed by atoms with E-state index in [4.69, 9.17) is 0 Å². The summed E-state index contributed by atoms with van der Waals surface area (Å²) in [5.41, 5.74) is 1.40. The second-order valence-electron chi connectivity index (χ2n) is 7.17. The van der Waals surface area contributed by atoms with Gasteiger partial charge in [-0.05, 0) is 49.3 Å². The van der Waals surface area contributed by atoms with Crippen molar-refractivity contribution in [3.05, 3.63) is 48.0 Å². The van der Waals surface area contributed by atoms with Gasteiger partial charge in [-0.2, -0.15) is 0 Å². The Bertz CT molecular complexity index is 802. The molecule has 1 aromatic heterocycles. The third kappa shape index (κ3) is 5.92. The summed E-state index contributed by atoms with van der Waals surface area (Å²) in [6, 6.07) is 14.2. The lowest BCUT2D eigenvalue weighted by atomic mass is 9.90. The van der Waals surface area contributed by atoms with Crippen LogP contribution in [0.3, 0.4) is 0 Å². The van der Waals surface area contributed by atoms with Crippen molar-refractivity contribution in [3.63, 3.8) is 0 Å². The maximum atomic E-state index is 11.9. The fourth-order valence-corrected chi connectivity index (χ4v) is 4.60. The van der Waals surface area contributed by atoms with Gasteiger partial charge in [0.1, 0.15) is 0 Å². The van der Waals surface area contributed by atoms with Crippen molar-refractivity contribution in [2.24, 2.45) is 5.92 Å². The molecule has 0 amide bonds. The molecule has 1 aliphatic rings. The van der Waals surface area contributed by atoms with Crippen molar-refractivity contribution in [1.82, 2.24) is 10.2 Å². The first-order chi connectivity index (χ1) is 13.1. The van der Waals surface area contributed by atoms with Crippen LogP contribution in [0.1, 0.15) is 38.2 Å². The van der Waals surface area contributed by atoms with E-state index < -0.39 is 10.0 Å². The van der Waals surface area contributed by atoms with Crippen molar-refractivity contribution >= 4 is 21.7 Å². The van der Waals surface area contributed by atoms with Gasteiger partial charge in [0.15, 0.2) is 11.6 Å². The van der Waals surface area contributed by atoms with E-state index in [0.717, 1.165) is 44.6 Å². The van der Waals surface area contributed by atoms with Gasteiger partial charge < -0.3 is 4.90 Å². The Hall–Kier alpha value is -2.15. The highest BCUT2D eigenvalue weighted by Gasteiger charge is 2.21. The molecule has 6 nitrogen and oxygen atoms in total. The van der Waals surface area contributed by atoms with Gasteiger partial charge in [0.25, 0.3) is 0 Å². The van der Waals surface area contributed by atoms with Crippen LogP contribution in [0.4, 0.5) is 11.6 Å². The van der Waals surface area contributed by atoms with Crippen LogP contribution in [-0.2, 0) is 16.4 Å². The van der Waals surface area contributed by atoms with Crippen molar-refractivity contribution in [1.29, 1.82) is 0 Å². The van der Waals surface area contributed by atoms with Crippen LogP contribution in [0.2, 0.25) is 0 Å². The monoisotopic (exact) mass is 388 g/mol. The summed E-state index contributed by atoms with van der Waals surface area (Å²) in [6.07, 6.45) is 4.85. The Labute approximate surface area is 162 Å². The molecule has 1 saturated heterocycles. The predicted molar refractivity (Wildman–Crippen MR) is 109 cm³/mol. The number of nitrogens with zero attached hydrogens (tertiary/aromatic N) is 3. The molecule has 146 valence electrons. The summed E-state index contributed by atoms with van der Waals surface area (Å²) >= 11 is 0. The highest BCUT2D eigenvalue weighted by molar-refractivity contribution is 7.92. The highest BCUT2D eigenvalue weighted by Crippen LogP contribution is 2.24. The number of unbranched alkanes of at least 4 members (excludes halogenated alkanes) is 1. The number of hydrogen-bond donors (Lipinski definition) is 1. The number of benzene rings is 1. The molecule has 0 spiro atoms. The molecule has 1 N–H and O–H groups in total. The van der Waals surface area contributed by atoms with Crippen LogP contribution in [0.5, 0.6) is 0 Å². The van der Waals surface area contributed by atoms with Crippen LogP contribution in [0, 0.1) is 5.92 Å². The lowest BCUT2D eigenvalue weighted by molar-refractivity contribution is 0.402. The predicted octanol–water partition coefficient (Wildman–Crippen LogP) is 3.48. The van der Waals surface area contributed by atoms with Gasteiger partial charge in [-0.25, -0.2) is 8.42 Å². The van der Waals surface area contributed by atoms with Gasteiger partial charge in [-0.1, -0.05) is 43.7 Å². The number of rotatable bonds is 8. The van der Waals surface area contributed by atoms with E-state index in [2.05, 4.69) is 50.2 Å². The molecule has 0 aliphatic carbocycles. The van der Waals surface area contributed by atoms with Crippen molar-refractivity contribution in [2.75, 3.05) is 28.5 Å². The molecule has 2 heterocycles. The second-order valence-corrected chi connectivity index (χ2v) is 9.01. The lowest BCUT2D eigenvalue weighted by Gasteiger charge is -2.32. The van der Waals surface area contributed by atoms with Crippen LogP contribution < -0.4 is 9.62 Å². The summed E-state index contributed by atoms with van der Waals surface area (Å²) < 4.78 is 26.4. The van der Waals surface area contributed by atoms with Crippen LogP contribution in [0.15, 0.2) is 42.5 Å². The van der Waals surface area contributed by atoms with Crippen molar-refractivity contribution in [2.45, 2.75) is 39.0 Å². The molecule has 1 fully saturated rings. The molecule has 0 atom stereocenters. The Morgan fingerprint density at radius 1 is 1.07 bits per heavy atom. The average molecular weight is 389 g/mol. The lowest BCUT2D eigenvalue weighted by Crippen LogP contribution is -2.35. The molecule has 0 radical (unpaired) electrons.